The third-order valence-electron chi connectivity index (χ3n) is 4.68. The quantitative estimate of drug-likeness (QED) is 0.811. The Kier molecular flexibility index (Phi) is 4.99. The molecule has 2 heterocycles. The zero-order chi connectivity index (χ0) is 18.1. The number of carbonyl (C=O) groups is 1. The van der Waals surface area contributed by atoms with Gasteiger partial charge in [0.2, 0.25) is 0 Å². The lowest BCUT2D eigenvalue weighted by Gasteiger charge is -2.37. The third kappa shape index (κ3) is 2.99. The average molecular weight is 349 g/mol. The monoisotopic (exact) mass is 349 g/mol. The number of nitrogens with zero attached hydrogens (tertiary/aromatic N) is 1. The number of aromatic nitrogens is 1. The van der Waals surface area contributed by atoms with E-state index in [9.17, 15) is 15.0 Å². The van der Waals surface area contributed by atoms with Gasteiger partial charge >= 0.3 is 5.97 Å². The van der Waals surface area contributed by atoms with Crippen molar-refractivity contribution in [2.24, 2.45) is 0 Å². The highest BCUT2D eigenvalue weighted by atomic mass is 16.6. The Bertz CT molecular complexity index is 770. The van der Waals surface area contributed by atoms with Gasteiger partial charge in [0.1, 0.15) is 11.9 Å². The summed E-state index contributed by atoms with van der Waals surface area (Å²) in [7, 11) is 2.87. The number of esters is 1. The molecule has 0 radical (unpaired) electrons. The van der Waals surface area contributed by atoms with Crippen LogP contribution in [0.1, 0.15) is 25.1 Å². The molecule has 0 aliphatic carbocycles. The van der Waals surface area contributed by atoms with Gasteiger partial charge in [-0.2, -0.15) is 0 Å². The number of ether oxygens (including phenoxy) is 3. The fraction of sp³-hybridized carbons (Fsp3) is 0.500. The second kappa shape index (κ2) is 7.03. The van der Waals surface area contributed by atoms with Gasteiger partial charge in [0.25, 0.3) is 0 Å². The lowest BCUT2D eigenvalue weighted by atomic mass is 10.0. The number of rotatable bonds is 4. The zero-order valence-corrected chi connectivity index (χ0v) is 14.5. The molecule has 25 heavy (non-hydrogen) atoms. The molecule has 0 spiro atoms. The Morgan fingerprint density at radius 2 is 2.12 bits per heavy atom. The first-order valence-electron chi connectivity index (χ1n) is 8.27. The first kappa shape index (κ1) is 17.7. The van der Waals surface area contributed by atoms with Gasteiger partial charge < -0.3 is 29.0 Å². The van der Waals surface area contributed by atoms with Gasteiger partial charge in [-0.1, -0.05) is 13.0 Å². The van der Waals surface area contributed by atoms with Crippen LogP contribution in [-0.4, -0.2) is 53.3 Å². The van der Waals surface area contributed by atoms with Crippen LogP contribution in [0, 0.1) is 0 Å². The van der Waals surface area contributed by atoms with E-state index in [4.69, 9.17) is 14.2 Å². The first-order valence-corrected chi connectivity index (χ1v) is 8.27. The number of hydrogen-bond donors (Lipinski definition) is 2. The highest BCUT2D eigenvalue weighted by Gasteiger charge is 2.41. The molecule has 0 unspecified atom stereocenters. The summed E-state index contributed by atoms with van der Waals surface area (Å²) in [5.41, 5.74) is 1.83. The third-order valence-corrected chi connectivity index (χ3v) is 4.68. The molecule has 1 aromatic heterocycles. The van der Waals surface area contributed by atoms with Crippen LogP contribution in [0.4, 0.5) is 0 Å². The van der Waals surface area contributed by atoms with Gasteiger partial charge in [0.05, 0.1) is 25.8 Å². The van der Waals surface area contributed by atoms with Gasteiger partial charge in [-0.3, -0.25) is 0 Å². The van der Waals surface area contributed by atoms with Crippen molar-refractivity contribution in [3.05, 3.63) is 30.0 Å². The van der Waals surface area contributed by atoms with Crippen molar-refractivity contribution < 1.29 is 29.2 Å². The largest absolute Gasteiger partial charge is 0.496 e. The Morgan fingerprint density at radius 3 is 2.76 bits per heavy atom. The molecule has 3 rings (SSSR count). The highest BCUT2D eigenvalue weighted by Crippen LogP contribution is 2.36. The van der Waals surface area contributed by atoms with E-state index in [1.807, 2.05) is 31.3 Å². The number of aryl methyl sites for hydroxylation is 1. The summed E-state index contributed by atoms with van der Waals surface area (Å²) in [4.78, 5) is 11.9. The summed E-state index contributed by atoms with van der Waals surface area (Å²) >= 11 is 0. The number of aliphatic hydroxyl groups excluding tert-OH is 2. The van der Waals surface area contributed by atoms with Crippen molar-refractivity contribution in [1.29, 1.82) is 0 Å². The smallest absolute Gasteiger partial charge is 0.335 e. The second-order valence-electron chi connectivity index (χ2n) is 6.10. The van der Waals surface area contributed by atoms with Crippen LogP contribution in [0.15, 0.2) is 24.4 Å². The van der Waals surface area contributed by atoms with Crippen LogP contribution in [0.3, 0.4) is 0 Å². The molecule has 1 aromatic carbocycles. The number of carbonyl (C=O) groups excluding carboxylic acids is 1. The fourth-order valence-corrected chi connectivity index (χ4v) is 3.37. The van der Waals surface area contributed by atoms with Crippen LogP contribution in [-0.2, 0) is 20.7 Å². The zero-order valence-electron chi connectivity index (χ0n) is 14.5. The van der Waals surface area contributed by atoms with E-state index < -0.39 is 30.5 Å². The van der Waals surface area contributed by atoms with Crippen molar-refractivity contribution in [3.63, 3.8) is 0 Å². The summed E-state index contributed by atoms with van der Waals surface area (Å²) < 4.78 is 17.7. The topological polar surface area (TPSA) is 90.2 Å². The van der Waals surface area contributed by atoms with Gasteiger partial charge in [0, 0.05) is 18.0 Å². The molecular weight excluding hydrogens is 326 g/mol. The van der Waals surface area contributed by atoms with E-state index in [-0.39, 0.29) is 6.42 Å². The molecule has 2 aromatic rings. The van der Waals surface area contributed by atoms with E-state index in [1.165, 1.54) is 7.11 Å². The highest BCUT2D eigenvalue weighted by molar-refractivity contribution is 5.90. The molecule has 7 nitrogen and oxygen atoms in total. The van der Waals surface area contributed by atoms with Crippen LogP contribution in [0.25, 0.3) is 10.9 Å². The van der Waals surface area contributed by atoms with Crippen LogP contribution in [0.2, 0.25) is 0 Å². The number of fused-ring (bicyclic) bond motifs is 1. The lowest BCUT2D eigenvalue weighted by Crippen LogP contribution is -2.48. The number of benzene rings is 1. The molecule has 1 aliphatic heterocycles. The van der Waals surface area contributed by atoms with Crippen LogP contribution in [0.5, 0.6) is 5.75 Å². The number of hydrogen-bond acceptors (Lipinski definition) is 6. The van der Waals surface area contributed by atoms with Crippen molar-refractivity contribution >= 4 is 16.9 Å². The number of methoxy groups -OCH3 is 2. The molecule has 4 atom stereocenters. The maximum atomic E-state index is 11.9. The van der Waals surface area contributed by atoms with E-state index in [1.54, 1.807) is 11.7 Å². The first-order chi connectivity index (χ1) is 12.0. The average Bonchev–Trinajstić information content (AvgIpc) is 3.01. The molecule has 7 heteroatoms. The van der Waals surface area contributed by atoms with Crippen molar-refractivity contribution in [3.8, 4) is 5.75 Å². The van der Waals surface area contributed by atoms with Crippen molar-refractivity contribution in [1.82, 2.24) is 4.57 Å². The minimum Gasteiger partial charge on any atom is -0.496 e. The normalized spacial score (nSPS) is 26.6. The molecule has 0 bridgehead atoms. The minimum atomic E-state index is -1.16. The fourth-order valence-electron chi connectivity index (χ4n) is 3.37. The summed E-state index contributed by atoms with van der Waals surface area (Å²) in [6.45, 7) is 2.02. The summed E-state index contributed by atoms with van der Waals surface area (Å²) in [6, 6.07) is 5.61. The minimum absolute atomic E-state index is 0.00645. The predicted molar refractivity (Wildman–Crippen MR) is 90.4 cm³/mol. The van der Waals surface area contributed by atoms with Gasteiger partial charge in [-0.15, -0.1) is 0 Å². The molecule has 2 N–H and O–H groups in total. The van der Waals surface area contributed by atoms with Crippen LogP contribution >= 0.6 is 0 Å². The Hall–Kier alpha value is -2.09. The van der Waals surface area contributed by atoms with Gasteiger partial charge in [-0.25, -0.2) is 4.79 Å². The summed E-state index contributed by atoms with van der Waals surface area (Å²) in [6.07, 6.45) is -1.45. The van der Waals surface area contributed by atoms with Crippen molar-refractivity contribution in [2.75, 3.05) is 14.2 Å². The second-order valence-corrected chi connectivity index (χ2v) is 6.10. The molecule has 0 amide bonds. The molecule has 136 valence electrons. The molecule has 0 saturated carbocycles. The molecule has 1 aliphatic rings. The molecule has 1 fully saturated rings. The van der Waals surface area contributed by atoms with E-state index >= 15 is 0 Å². The maximum absolute atomic E-state index is 11.9. The van der Waals surface area contributed by atoms with Gasteiger partial charge in [-0.05, 0) is 24.1 Å². The number of aliphatic hydroxyl groups is 2. The van der Waals surface area contributed by atoms with E-state index in [0.717, 1.165) is 28.6 Å². The summed E-state index contributed by atoms with van der Waals surface area (Å²) in [5.74, 6) is 0.157. The molecule has 1 saturated heterocycles. The lowest BCUT2D eigenvalue weighted by molar-refractivity contribution is -0.209. The standard InChI is InChI=1S/C18H23NO6/c1-4-10-9-19(11-6-5-7-13(23-2)15(10)11)17-16(21)12(20)8-14(25-17)18(22)24-3/h5-7,9,12,14,16-17,20-21H,4,8H2,1-3H3/t12-,14+,16-,17+/m0/s1. The van der Waals surface area contributed by atoms with E-state index in [2.05, 4.69) is 0 Å². The van der Waals surface area contributed by atoms with Gasteiger partial charge in [0.15, 0.2) is 12.3 Å². The molecular formula is C18H23NO6. The van der Waals surface area contributed by atoms with Crippen molar-refractivity contribution in [2.45, 2.75) is 44.3 Å². The van der Waals surface area contributed by atoms with Crippen LogP contribution < -0.4 is 4.74 Å². The maximum Gasteiger partial charge on any atom is 0.335 e. The summed E-state index contributed by atoms with van der Waals surface area (Å²) in [5, 5.41) is 21.6. The van der Waals surface area contributed by atoms with E-state index in [0.29, 0.717) is 0 Å². The Balaban J connectivity index is 2.09. The predicted octanol–water partition coefficient (Wildman–Crippen LogP) is 1.39. The Labute approximate surface area is 145 Å². The Morgan fingerprint density at radius 1 is 1.36 bits per heavy atom. The SMILES string of the molecule is CCc1cn([C@@H]2O[C@@H](C(=O)OC)C[C@H](O)[C@@H]2O)c2cccc(OC)c12.